The summed E-state index contributed by atoms with van der Waals surface area (Å²) < 4.78 is 19.4. The lowest BCUT2D eigenvalue weighted by Gasteiger charge is -2.34. The molecule has 5 aliphatic rings. The van der Waals surface area contributed by atoms with Crippen LogP contribution in [0.15, 0.2) is 59.7 Å². The van der Waals surface area contributed by atoms with Crippen molar-refractivity contribution >= 4 is 52.6 Å². The van der Waals surface area contributed by atoms with Crippen LogP contribution in [0.4, 0.5) is 17.1 Å². The van der Waals surface area contributed by atoms with Gasteiger partial charge in [-0.2, -0.15) is 10.1 Å². The zero-order valence-corrected chi connectivity index (χ0v) is 38.2. The summed E-state index contributed by atoms with van der Waals surface area (Å²) in [6.45, 7) is 11.7. The second kappa shape index (κ2) is 20.1. The minimum absolute atomic E-state index is 0.162. The van der Waals surface area contributed by atoms with Crippen LogP contribution >= 0.6 is 0 Å². The van der Waals surface area contributed by atoms with Gasteiger partial charge >= 0.3 is 0 Å². The fourth-order valence-electron chi connectivity index (χ4n) is 9.34. The van der Waals surface area contributed by atoms with E-state index < -0.39 is 11.9 Å². The first-order chi connectivity index (χ1) is 32.5. The van der Waals surface area contributed by atoms with Crippen LogP contribution in [0, 0.1) is 12.8 Å². The molecule has 2 aromatic carbocycles. The standard InChI is InChI=1S/C48H57N11O8/c1-30-6-5-18-67-47-35(25-49-55(47)3)39-24-33(22-31(2)50-39)44(62)54-48-52-38-10-9-32(23-41(38)59(48)26-30)27-57-15-13-56(14-16-57)17-19-65-20-21-66-29-43(61)51-37-8-4-7-34-36(37)28-58(46(34)64)40-11-12-42(60)53-45(40)63/h4,7-10,22-25,30,40H,5-6,11-21,26-29H2,1-3H3,(H,51,61)(H,52,54,62)(H,53,60,63)/t30-,40?/m1/s1. The van der Waals surface area contributed by atoms with E-state index in [9.17, 15) is 24.0 Å². The number of aryl methyl sites for hydroxylation is 2. The number of nitrogens with zero attached hydrogens (tertiary/aromatic N) is 8. The van der Waals surface area contributed by atoms with Crippen LogP contribution in [0.2, 0.25) is 0 Å². The average molecular weight is 916 g/mol. The highest BCUT2D eigenvalue weighted by atomic mass is 16.5. The van der Waals surface area contributed by atoms with Gasteiger partial charge in [-0.3, -0.25) is 44.1 Å². The summed E-state index contributed by atoms with van der Waals surface area (Å²) in [4.78, 5) is 81.6. The number of carbonyl (C=O) groups is 5. The Morgan fingerprint density at radius 2 is 1.76 bits per heavy atom. The van der Waals surface area contributed by atoms with Gasteiger partial charge in [-0.25, -0.2) is 4.68 Å². The number of rotatable bonds is 12. The quantitative estimate of drug-likeness (QED) is 0.137. The summed E-state index contributed by atoms with van der Waals surface area (Å²) in [7, 11) is 1.84. The number of guanidine groups is 1. The Bertz CT molecular complexity index is 2590. The molecule has 2 fully saturated rings. The minimum atomic E-state index is -0.733. The molecule has 67 heavy (non-hydrogen) atoms. The normalized spacial score (nSPS) is 20.9. The van der Waals surface area contributed by atoms with E-state index in [-0.39, 0.29) is 62.1 Å². The Balaban J connectivity index is 0.715. The Morgan fingerprint density at radius 1 is 0.940 bits per heavy atom. The van der Waals surface area contributed by atoms with Gasteiger partial charge in [-0.15, -0.1) is 0 Å². The van der Waals surface area contributed by atoms with Crippen molar-refractivity contribution in [1.82, 2.24) is 34.8 Å². The molecule has 2 aromatic heterocycles. The van der Waals surface area contributed by atoms with Crippen LogP contribution in [0.25, 0.3) is 11.3 Å². The van der Waals surface area contributed by atoms with Gasteiger partial charge in [-0.05, 0) is 74.1 Å². The van der Waals surface area contributed by atoms with Crippen molar-refractivity contribution in [3.8, 4) is 17.1 Å². The van der Waals surface area contributed by atoms with Crippen LogP contribution in [-0.2, 0) is 44.0 Å². The number of pyridine rings is 1. The van der Waals surface area contributed by atoms with Crippen molar-refractivity contribution in [3.63, 3.8) is 0 Å². The Morgan fingerprint density at radius 3 is 2.60 bits per heavy atom. The number of piperazine rings is 1. The highest BCUT2D eigenvalue weighted by Crippen LogP contribution is 2.36. The molecular formula is C48H57N11O8. The number of carbonyl (C=O) groups excluding carboxylic acids is 5. The van der Waals surface area contributed by atoms with Gasteiger partial charge in [0.05, 0.1) is 55.3 Å². The minimum Gasteiger partial charge on any atom is -0.477 e. The van der Waals surface area contributed by atoms with Crippen molar-refractivity contribution in [2.24, 2.45) is 18.0 Å². The molecule has 1 unspecified atom stereocenters. The lowest BCUT2D eigenvalue weighted by Crippen LogP contribution is -2.52. The van der Waals surface area contributed by atoms with Crippen molar-refractivity contribution in [1.29, 1.82) is 0 Å². The molecule has 0 spiro atoms. The summed E-state index contributed by atoms with van der Waals surface area (Å²) in [5, 5.41) is 13.0. The fraction of sp³-hybridized carbons (Fsp3) is 0.458. The van der Waals surface area contributed by atoms with E-state index in [0.29, 0.717) is 72.0 Å². The van der Waals surface area contributed by atoms with E-state index in [4.69, 9.17) is 19.2 Å². The maximum Gasteiger partial charge on any atom is 0.280 e. The molecule has 5 amide bonds. The SMILES string of the molecule is Cc1cc2cc(n1)-c1cnn(C)c1OCCC[C@@H](C)CN1/C(=N/C2=O)Nc2ccc(CN3CCN(CCOCCOCC(=O)Nc4cccc5c4CN(C4CCC(=O)NC4=O)C5=O)CC3)cc21. The molecule has 4 aromatic rings. The van der Waals surface area contributed by atoms with Crippen LogP contribution in [0.3, 0.4) is 0 Å². The summed E-state index contributed by atoms with van der Waals surface area (Å²) in [5.41, 5.74) is 7.19. The summed E-state index contributed by atoms with van der Waals surface area (Å²) in [6.07, 6.45) is 3.94. The lowest BCUT2D eigenvalue weighted by atomic mass is 10.0. The number of aliphatic imine (C=N–C) groups is 1. The van der Waals surface area contributed by atoms with Crippen LogP contribution < -0.4 is 25.6 Å². The molecule has 19 heteroatoms. The molecule has 19 nitrogen and oxygen atoms in total. The molecule has 0 saturated carbocycles. The van der Waals surface area contributed by atoms with E-state index in [1.165, 1.54) is 10.5 Å². The van der Waals surface area contributed by atoms with Gasteiger partial charge < -0.3 is 34.6 Å². The Hall–Kier alpha value is -6.54. The average Bonchev–Trinajstić information content (AvgIpc) is 3.96. The van der Waals surface area contributed by atoms with E-state index in [2.05, 4.69) is 65.9 Å². The van der Waals surface area contributed by atoms with E-state index in [1.807, 2.05) is 14.0 Å². The van der Waals surface area contributed by atoms with Gasteiger partial charge in [0.15, 0.2) is 0 Å². The number of benzene rings is 2. The third-order valence-corrected chi connectivity index (χ3v) is 12.9. The second-order valence-corrected chi connectivity index (χ2v) is 17.9. The molecule has 0 radical (unpaired) electrons. The van der Waals surface area contributed by atoms with Crippen molar-refractivity contribution in [2.75, 3.05) is 87.8 Å². The molecule has 2 atom stereocenters. The number of hydrogen-bond acceptors (Lipinski definition) is 14. The van der Waals surface area contributed by atoms with Gasteiger partial charge in [0.25, 0.3) is 11.8 Å². The van der Waals surface area contributed by atoms with Gasteiger partial charge in [0.1, 0.15) is 12.6 Å². The molecule has 5 aliphatic heterocycles. The lowest BCUT2D eigenvalue weighted by molar-refractivity contribution is -0.137. The molecule has 352 valence electrons. The number of amides is 5. The second-order valence-electron chi connectivity index (χ2n) is 17.9. The third-order valence-electron chi connectivity index (χ3n) is 12.9. The van der Waals surface area contributed by atoms with Crippen LogP contribution in [0.1, 0.15) is 70.1 Å². The van der Waals surface area contributed by atoms with Gasteiger partial charge in [-0.1, -0.05) is 19.1 Å². The number of fused-ring (bicyclic) bond motifs is 8. The Labute approximate surface area is 388 Å². The first kappa shape index (κ1) is 45.6. The van der Waals surface area contributed by atoms with Gasteiger partial charge in [0, 0.05) is 93.9 Å². The fourth-order valence-corrected chi connectivity index (χ4v) is 9.34. The smallest absolute Gasteiger partial charge is 0.280 e. The molecule has 0 aliphatic carbocycles. The number of hydrogen-bond donors (Lipinski definition) is 3. The number of anilines is 3. The molecule has 7 heterocycles. The number of aromatic nitrogens is 3. The van der Waals surface area contributed by atoms with Gasteiger partial charge in [0.2, 0.25) is 29.6 Å². The van der Waals surface area contributed by atoms with E-state index >= 15 is 0 Å². The molecule has 9 rings (SSSR count). The predicted molar refractivity (Wildman–Crippen MR) is 249 cm³/mol. The Kier molecular flexibility index (Phi) is 13.7. The molecule has 2 saturated heterocycles. The van der Waals surface area contributed by atoms with Crippen LogP contribution in [-0.4, -0.2) is 143 Å². The van der Waals surface area contributed by atoms with E-state index in [1.54, 1.807) is 41.2 Å². The number of imide groups is 1. The summed E-state index contributed by atoms with van der Waals surface area (Å²) >= 11 is 0. The van der Waals surface area contributed by atoms with Crippen molar-refractivity contribution in [2.45, 2.75) is 58.7 Å². The first-order valence-corrected chi connectivity index (χ1v) is 23.1. The van der Waals surface area contributed by atoms with Crippen molar-refractivity contribution in [3.05, 3.63) is 82.7 Å². The number of nitrogens with one attached hydrogen (secondary N) is 3. The summed E-state index contributed by atoms with van der Waals surface area (Å²) in [6, 6.07) is 14.3. The highest BCUT2D eigenvalue weighted by molar-refractivity contribution is 6.19. The van der Waals surface area contributed by atoms with Crippen molar-refractivity contribution < 1.29 is 38.2 Å². The summed E-state index contributed by atoms with van der Waals surface area (Å²) in [5.74, 6) is -0.401. The van der Waals surface area contributed by atoms with Crippen LogP contribution in [0.5, 0.6) is 5.88 Å². The zero-order valence-electron chi connectivity index (χ0n) is 38.2. The molecule has 3 N–H and O–H groups in total. The topological polar surface area (TPSA) is 205 Å². The maximum atomic E-state index is 13.8. The number of piperidine rings is 1. The predicted octanol–water partition coefficient (Wildman–Crippen LogP) is 3.58. The zero-order chi connectivity index (χ0) is 46.6. The highest BCUT2D eigenvalue weighted by Gasteiger charge is 2.40. The maximum absolute atomic E-state index is 13.8. The third kappa shape index (κ3) is 10.4. The first-order valence-electron chi connectivity index (χ1n) is 23.1. The molecule has 2 bridgehead atoms. The monoisotopic (exact) mass is 915 g/mol. The van der Waals surface area contributed by atoms with E-state index in [0.717, 1.165) is 69.0 Å². The number of ether oxygens (including phenoxy) is 3. The largest absolute Gasteiger partial charge is 0.477 e. The molecular weight excluding hydrogens is 859 g/mol.